The molecular formula is C9H9ClF2O2S. The van der Waals surface area contributed by atoms with Gasteiger partial charge in [-0.25, -0.2) is 17.2 Å². The Morgan fingerprint density at radius 1 is 1.27 bits per heavy atom. The van der Waals surface area contributed by atoms with Crippen LogP contribution >= 0.6 is 10.7 Å². The van der Waals surface area contributed by atoms with Gasteiger partial charge in [-0.2, -0.15) is 0 Å². The van der Waals surface area contributed by atoms with E-state index in [4.69, 9.17) is 10.7 Å². The van der Waals surface area contributed by atoms with Crippen molar-refractivity contribution in [2.45, 2.75) is 19.6 Å². The Kier molecular flexibility index (Phi) is 3.35. The zero-order chi connectivity index (χ0) is 11.8. The second kappa shape index (κ2) is 4.06. The number of hydrogen-bond acceptors (Lipinski definition) is 2. The number of halogens is 3. The van der Waals surface area contributed by atoms with Gasteiger partial charge in [0.15, 0.2) is 0 Å². The standard InChI is InChI=1S/C9H9ClF2O2S/c1-5-7(4-15(10,13)14)3-8(11)6(2)9(5)12/h3H,4H2,1-2H3. The summed E-state index contributed by atoms with van der Waals surface area (Å²) in [5.41, 5.74) is 0.0342. The van der Waals surface area contributed by atoms with Crippen LogP contribution in [0.15, 0.2) is 6.07 Å². The normalized spacial score (nSPS) is 11.8. The molecule has 0 spiro atoms. The van der Waals surface area contributed by atoms with Crippen molar-refractivity contribution < 1.29 is 17.2 Å². The van der Waals surface area contributed by atoms with Crippen LogP contribution in [0.4, 0.5) is 8.78 Å². The van der Waals surface area contributed by atoms with Crippen molar-refractivity contribution in [3.8, 4) is 0 Å². The van der Waals surface area contributed by atoms with Gasteiger partial charge in [0, 0.05) is 16.2 Å². The lowest BCUT2D eigenvalue weighted by Gasteiger charge is -2.08. The van der Waals surface area contributed by atoms with Gasteiger partial charge in [0.05, 0.1) is 5.75 Å². The molecule has 0 aliphatic carbocycles. The molecule has 0 amide bonds. The highest BCUT2D eigenvalue weighted by atomic mass is 35.7. The zero-order valence-corrected chi connectivity index (χ0v) is 9.72. The molecule has 6 heteroatoms. The fourth-order valence-corrected chi connectivity index (χ4v) is 2.26. The first-order valence-electron chi connectivity index (χ1n) is 4.09. The van der Waals surface area contributed by atoms with Gasteiger partial charge in [0.1, 0.15) is 11.6 Å². The summed E-state index contributed by atoms with van der Waals surface area (Å²) in [6.07, 6.45) is 0. The van der Waals surface area contributed by atoms with Crippen LogP contribution in [-0.4, -0.2) is 8.42 Å². The van der Waals surface area contributed by atoms with E-state index in [9.17, 15) is 17.2 Å². The van der Waals surface area contributed by atoms with Gasteiger partial charge in [-0.15, -0.1) is 0 Å². The van der Waals surface area contributed by atoms with Crippen molar-refractivity contribution in [1.82, 2.24) is 0 Å². The maximum Gasteiger partial charge on any atom is 0.236 e. The minimum Gasteiger partial charge on any atom is -0.212 e. The first-order chi connectivity index (χ1) is 6.72. The molecule has 0 N–H and O–H groups in total. The van der Waals surface area contributed by atoms with Crippen molar-refractivity contribution in [3.05, 3.63) is 34.4 Å². The third kappa shape index (κ3) is 2.89. The minimum atomic E-state index is -3.81. The average molecular weight is 255 g/mol. The number of benzene rings is 1. The van der Waals surface area contributed by atoms with E-state index >= 15 is 0 Å². The molecule has 0 aromatic heterocycles. The lowest BCUT2D eigenvalue weighted by molar-refractivity contribution is 0.559. The van der Waals surface area contributed by atoms with Gasteiger partial charge in [0.25, 0.3) is 0 Å². The van der Waals surface area contributed by atoms with Gasteiger partial charge < -0.3 is 0 Å². The topological polar surface area (TPSA) is 34.1 Å². The average Bonchev–Trinajstić information content (AvgIpc) is 2.08. The molecule has 0 radical (unpaired) electrons. The largest absolute Gasteiger partial charge is 0.236 e. The van der Waals surface area contributed by atoms with Crippen LogP contribution in [0.3, 0.4) is 0 Å². The Bertz CT molecular complexity index is 497. The summed E-state index contributed by atoms with van der Waals surface area (Å²) in [5, 5.41) is 0. The summed E-state index contributed by atoms with van der Waals surface area (Å²) in [6, 6.07) is 0.994. The predicted octanol–water partition coefficient (Wildman–Crippen LogP) is 2.65. The summed E-state index contributed by atoms with van der Waals surface area (Å²) in [4.78, 5) is 0. The van der Waals surface area contributed by atoms with Crippen molar-refractivity contribution in [1.29, 1.82) is 0 Å². The van der Waals surface area contributed by atoms with Crippen molar-refractivity contribution in [2.75, 3.05) is 0 Å². The van der Waals surface area contributed by atoms with Crippen LogP contribution < -0.4 is 0 Å². The molecule has 0 aliphatic heterocycles. The van der Waals surface area contributed by atoms with Crippen LogP contribution in [0.5, 0.6) is 0 Å². The summed E-state index contributed by atoms with van der Waals surface area (Å²) in [6.45, 7) is 2.68. The second-order valence-electron chi connectivity index (χ2n) is 3.26. The second-order valence-corrected chi connectivity index (χ2v) is 6.04. The van der Waals surface area contributed by atoms with Crippen LogP contribution in [0.25, 0.3) is 0 Å². The number of hydrogen-bond donors (Lipinski definition) is 0. The summed E-state index contributed by atoms with van der Waals surface area (Å²) < 4.78 is 48.0. The maximum atomic E-state index is 13.3. The molecule has 0 aliphatic rings. The molecule has 2 nitrogen and oxygen atoms in total. The molecule has 0 fully saturated rings. The van der Waals surface area contributed by atoms with Gasteiger partial charge in [0.2, 0.25) is 9.05 Å². The molecule has 0 unspecified atom stereocenters. The molecule has 0 heterocycles. The summed E-state index contributed by atoms with van der Waals surface area (Å²) >= 11 is 0. The predicted molar refractivity (Wildman–Crippen MR) is 54.3 cm³/mol. The lowest BCUT2D eigenvalue weighted by atomic mass is 10.1. The van der Waals surface area contributed by atoms with Gasteiger partial charge >= 0.3 is 0 Å². The van der Waals surface area contributed by atoms with Gasteiger partial charge in [-0.1, -0.05) is 0 Å². The molecule has 0 saturated carbocycles. The monoisotopic (exact) mass is 254 g/mol. The fourth-order valence-electron chi connectivity index (χ4n) is 1.23. The van der Waals surface area contributed by atoms with Gasteiger partial charge in [-0.3, -0.25) is 0 Å². The van der Waals surface area contributed by atoms with Crippen LogP contribution in [0.1, 0.15) is 16.7 Å². The van der Waals surface area contributed by atoms with Crippen molar-refractivity contribution >= 4 is 19.7 Å². The van der Waals surface area contributed by atoms with E-state index in [0.717, 1.165) is 6.07 Å². The van der Waals surface area contributed by atoms with E-state index in [1.807, 2.05) is 0 Å². The molecule has 1 aromatic carbocycles. The Hall–Kier alpha value is -0.680. The molecule has 84 valence electrons. The fraction of sp³-hybridized carbons (Fsp3) is 0.333. The van der Waals surface area contributed by atoms with E-state index in [1.54, 1.807) is 0 Å². The quantitative estimate of drug-likeness (QED) is 0.761. The first-order valence-corrected chi connectivity index (χ1v) is 6.56. The van der Waals surface area contributed by atoms with E-state index in [2.05, 4.69) is 0 Å². The number of rotatable bonds is 2. The highest BCUT2D eigenvalue weighted by molar-refractivity contribution is 8.13. The highest BCUT2D eigenvalue weighted by Crippen LogP contribution is 2.22. The molecule has 1 aromatic rings. The minimum absolute atomic E-state index is 0.0469. The molecule has 15 heavy (non-hydrogen) atoms. The Labute approximate surface area is 91.3 Å². The Morgan fingerprint density at radius 3 is 2.27 bits per heavy atom. The molecule has 1 rings (SSSR count). The lowest BCUT2D eigenvalue weighted by Crippen LogP contribution is -2.03. The molecule has 0 saturated heterocycles. The molecule has 0 atom stereocenters. The van der Waals surface area contributed by atoms with E-state index in [1.165, 1.54) is 13.8 Å². The molecular weight excluding hydrogens is 246 g/mol. The van der Waals surface area contributed by atoms with E-state index < -0.39 is 26.4 Å². The van der Waals surface area contributed by atoms with E-state index in [0.29, 0.717) is 0 Å². The zero-order valence-electron chi connectivity index (χ0n) is 8.14. The maximum absolute atomic E-state index is 13.3. The van der Waals surface area contributed by atoms with Crippen LogP contribution in [0, 0.1) is 25.5 Å². The van der Waals surface area contributed by atoms with Gasteiger partial charge in [-0.05, 0) is 31.0 Å². The van der Waals surface area contributed by atoms with Crippen molar-refractivity contribution in [2.24, 2.45) is 0 Å². The Balaban J connectivity index is 3.33. The van der Waals surface area contributed by atoms with Crippen LogP contribution in [0.2, 0.25) is 0 Å². The smallest absolute Gasteiger partial charge is 0.212 e. The highest BCUT2D eigenvalue weighted by Gasteiger charge is 2.16. The Morgan fingerprint density at radius 2 is 1.80 bits per heavy atom. The first kappa shape index (κ1) is 12.4. The van der Waals surface area contributed by atoms with Crippen molar-refractivity contribution in [3.63, 3.8) is 0 Å². The van der Waals surface area contributed by atoms with Crippen LogP contribution in [-0.2, 0) is 14.8 Å². The summed E-state index contributed by atoms with van der Waals surface area (Å²) in [5.74, 6) is -2.08. The molecule has 0 bridgehead atoms. The van der Waals surface area contributed by atoms with E-state index in [-0.39, 0.29) is 16.7 Å². The third-order valence-corrected chi connectivity index (χ3v) is 3.11. The SMILES string of the molecule is Cc1c(F)cc(CS(=O)(=O)Cl)c(C)c1F. The summed E-state index contributed by atoms with van der Waals surface area (Å²) in [7, 11) is 1.20. The third-order valence-electron chi connectivity index (χ3n) is 2.13.